The summed E-state index contributed by atoms with van der Waals surface area (Å²) in [6.45, 7) is 1.16. The Morgan fingerprint density at radius 1 is 1.14 bits per heavy atom. The van der Waals surface area contributed by atoms with Crippen molar-refractivity contribution in [1.29, 1.82) is 0 Å². The van der Waals surface area contributed by atoms with Crippen molar-refractivity contribution in [3.63, 3.8) is 0 Å². The number of fused-ring (bicyclic) bond motifs is 1. The summed E-state index contributed by atoms with van der Waals surface area (Å²) in [4.78, 5) is 35.2. The lowest BCUT2D eigenvalue weighted by Gasteiger charge is -2.32. The molecule has 148 valence electrons. The Kier molecular flexibility index (Phi) is 5.20. The maximum atomic E-state index is 13.5. The molecule has 2 aromatic heterocycles. The Balaban J connectivity index is 1.51. The predicted octanol–water partition coefficient (Wildman–Crippen LogP) is 2.82. The van der Waals surface area contributed by atoms with Crippen molar-refractivity contribution in [2.75, 3.05) is 13.1 Å². The highest BCUT2D eigenvalue weighted by Gasteiger charge is 2.28. The number of likely N-dealkylation sites (tertiary alicyclic amines) is 1. The van der Waals surface area contributed by atoms with Gasteiger partial charge in [0.15, 0.2) is 0 Å². The monoisotopic (exact) mass is 392 g/mol. The lowest BCUT2D eigenvalue weighted by atomic mass is 9.89. The van der Waals surface area contributed by atoms with E-state index in [9.17, 15) is 14.0 Å². The van der Waals surface area contributed by atoms with Crippen molar-refractivity contribution in [3.8, 4) is 0 Å². The Morgan fingerprint density at radius 3 is 2.62 bits per heavy atom. The van der Waals surface area contributed by atoms with Gasteiger partial charge in [-0.1, -0.05) is 6.07 Å². The average Bonchev–Trinajstić information content (AvgIpc) is 2.73. The topological polar surface area (TPSA) is 89.2 Å². The van der Waals surface area contributed by atoms with E-state index in [2.05, 4.69) is 9.97 Å². The molecule has 6 nitrogen and oxygen atoms in total. The third-order valence-electron chi connectivity index (χ3n) is 5.36. The van der Waals surface area contributed by atoms with Gasteiger partial charge in [-0.05, 0) is 49.2 Å². The number of halogens is 1. The van der Waals surface area contributed by atoms with E-state index in [1.54, 1.807) is 18.3 Å². The number of nitrogens with two attached hydrogens (primary N) is 1. The molecule has 7 heteroatoms. The van der Waals surface area contributed by atoms with Gasteiger partial charge in [0, 0.05) is 36.3 Å². The summed E-state index contributed by atoms with van der Waals surface area (Å²) in [5.74, 6) is -0.903. The van der Waals surface area contributed by atoms with Gasteiger partial charge in [-0.25, -0.2) is 4.39 Å². The van der Waals surface area contributed by atoms with Crippen LogP contribution in [0, 0.1) is 5.82 Å². The van der Waals surface area contributed by atoms with Crippen LogP contribution in [0.5, 0.6) is 0 Å². The molecule has 1 aliphatic heterocycles. The molecule has 0 unspecified atom stereocenters. The van der Waals surface area contributed by atoms with Crippen LogP contribution in [-0.2, 0) is 11.2 Å². The van der Waals surface area contributed by atoms with Crippen molar-refractivity contribution in [2.45, 2.75) is 25.2 Å². The van der Waals surface area contributed by atoms with Gasteiger partial charge in [-0.3, -0.25) is 19.6 Å². The molecule has 4 rings (SSSR count). The first-order chi connectivity index (χ1) is 14.0. The fourth-order valence-electron chi connectivity index (χ4n) is 3.84. The number of carbonyl (C=O) groups excluding carboxylic acids is 2. The van der Waals surface area contributed by atoms with Crippen molar-refractivity contribution in [1.82, 2.24) is 14.9 Å². The SMILES string of the molecule is NC(=O)c1cc2cc(F)ccc2nc1C1CCN(C(=O)Cc2ccccn2)CC1. The lowest BCUT2D eigenvalue weighted by molar-refractivity contribution is -0.131. The van der Waals surface area contributed by atoms with Crippen molar-refractivity contribution in [2.24, 2.45) is 5.73 Å². The summed E-state index contributed by atoms with van der Waals surface area (Å²) in [5.41, 5.74) is 7.90. The molecule has 0 radical (unpaired) electrons. The molecular formula is C22H21FN4O2. The van der Waals surface area contributed by atoms with Gasteiger partial charge in [-0.2, -0.15) is 0 Å². The van der Waals surface area contributed by atoms with Crippen molar-refractivity contribution in [3.05, 3.63) is 71.4 Å². The first-order valence-electron chi connectivity index (χ1n) is 9.59. The summed E-state index contributed by atoms with van der Waals surface area (Å²) in [6.07, 6.45) is 3.33. The fourth-order valence-corrected chi connectivity index (χ4v) is 3.84. The molecule has 2 amide bonds. The molecule has 0 atom stereocenters. The van der Waals surface area contributed by atoms with Crippen LogP contribution < -0.4 is 5.73 Å². The third-order valence-corrected chi connectivity index (χ3v) is 5.36. The molecule has 0 saturated carbocycles. The highest BCUT2D eigenvalue weighted by molar-refractivity contribution is 5.97. The van der Waals surface area contributed by atoms with E-state index < -0.39 is 5.91 Å². The molecule has 2 N–H and O–H groups in total. The van der Waals surface area contributed by atoms with E-state index in [0.29, 0.717) is 48.1 Å². The van der Waals surface area contributed by atoms with E-state index in [-0.39, 0.29) is 24.1 Å². The van der Waals surface area contributed by atoms with Crippen molar-refractivity contribution >= 4 is 22.7 Å². The Morgan fingerprint density at radius 2 is 1.93 bits per heavy atom. The van der Waals surface area contributed by atoms with Gasteiger partial charge in [0.05, 0.1) is 23.2 Å². The Bertz CT molecular complexity index is 1060. The molecule has 3 aromatic rings. The van der Waals surface area contributed by atoms with Crippen LogP contribution in [0.25, 0.3) is 10.9 Å². The quantitative estimate of drug-likeness (QED) is 0.739. The van der Waals surface area contributed by atoms with E-state index in [0.717, 1.165) is 5.69 Å². The van der Waals surface area contributed by atoms with E-state index >= 15 is 0 Å². The number of primary amides is 1. The summed E-state index contributed by atoms with van der Waals surface area (Å²) >= 11 is 0. The van der Waals surface area contributed by atoms with Crippen LogP contribution in [0.4, 0.5) is 4.39 Å². The third kappa shape index (κ3) is 4.08. The highest BCUT2D eigenvalue weighted by Crippen LogP contribution is 2.31. The van der Waals surface area contributed by atoms with Gasteiger partial charge in [0.2, 0.25) is 5.91 Å². The number of benzene rings is 1. The molecule has 0 aliphatic carbocycles. The zero-order chi connectivity index (χ0) is 20.4. The molecular weight excluding hydrogens is 371 g/mol. The van der Waals surface area contributed by atoms with Gasteiger partial charge in [0.1, 0.15) is 5.82 Å². The van der Waals surface area contributed by atoms with Crippen LogP contribution in [0.2, 0.25) is 0 Å². The second-order valence-corrected chi connectivity index (χ2v) is 7.28. The average molecular weight is 392 g/mol. The smallest absolute Gasteiger partial charge is 0.250 e. The molecule has 1 saturated heterocycles. The van der Waals surface area contributed by atoms with Gasteiger partial charge < -0.3 is 10.6 Å². The molecule has 29 heavy (non-hydrogen) atoms. The molecule has 1 aromatic carbocycles. The van der Waals surface area contributed by atoms with Gasteiger partial charge >= 0.3 is 0 Å². The van der Waals surface area contributed by atoms with Crippen LogP contribution in [0.1, 0.15) is 40.5 Å². The fraction of sp³-hybridized carbons (Fsp3) is 0.273. The van der Waals surface area contributed by atoms with E-state index in [4.69, 9.17) is 5.73 Å². The summed E-state index contributed by atoms with van der Waals surface area (Å²) < 4.78 is 13.5. The lowest BCUT2D eigenvalue weighted by Crippen LogP contribution is -2.39. The predicted molar refractivity (Wildman–Crippen MR) is 107 cm³/mol. The van der Waals surface area contributed by atoms with Crippen LogP contribution in [0.15, 0.2) is 48.7 Å². The summed E-state index contributed by atoms with van der Waals surface area (Å²) in [7, 11) is 0. The molecule has 1 fully saturated rings. The first-order valence-corrected chi connectivity index (χ1v) is 9.59. The summed E-state index contributed by atoms with van der Waals surface area (Å²) in [5, 5.41) is 0.547. The number of piperidine rings is 1. The normalized spacial score (nSPS) is 14.9. The van der Waals surface area contributed by atoms with Crippen LogP contribution in [0.3, 0.4) is 0 Å². The van der Waals surface area contributed by atoms with Crippen LogP contribution >= 0.6 is 0 Å². The number of hydrogen-bond acceptors (Lipinski definition) is 4. The molecule has 0 bridgehead atoms. The Hall–Kier alpha value is -3.35. The zero-order valence-corrected chi connectivity index (χ0v) is 15.8. The Labute approximate surface area is 167 Å². The van der Waals surface area contributed by atoms with E-state index in [1.807, 2.05) is 23.1 Å². The molecule has 1 aliphatic rings. The maximum Gasteiger partial charge on any atom is 0.250 e. The first kappa shape index (κ1) is 19.0. The number of amides is 2. The second kappa shape index (κ2) is 7.95. The van der Waals surface area contributed by atoms with E-state index in [1.165, 1.54) is 12.1 Å². The second-order valence-electron chi connectivity index (χ2n) is 7.28. The van der Waals surface area contributed by atoms with Crippen LogP contribution in [-0.4, -0.2) is 39.8 Å². The standard InChI is InChI=1S/C22H21FN4O2/c23-16-4-5-19-15(11-16)12-18(22(24)29)21(26-19)14-6-9-27(10-7-14)20(28)13-17-3-1-2-8-25-17/h1-5,8,11-12,14H,6-7,9-10,13H2,(H2,24,29). The summed E-state index contributed by atoms with van der Waals surface area (Å²) in [6, 6.07) is 11.4. The number of pyridine rings is 2. The number of aromatic nitrogens is 2. The molecule has 3 heterocycles. The van der Waals surface area contributed by atoms with Crippen molar-refractivity contribution < 1.29 is 14.0 Å². The zero-order valence-electron chi connectivity index (χ0n) is 15.8. The molecule has 0 spiro atoms. The van der Waals surface area contributed by atoms with Gasteiger partial charge in [0.25, 0.3) is 5.91 Å². The highest BCUT2D eigenvalue weighted by atomic mass is 19.1. The number of nitrogens with zero attached hydrogens (tertiary/aromatic N) is 3. The minimum absolute atomic E-state index is 0.0193. The number of rotatable bonds is 4. The largest absolute Gasteiger partial charge is 0.366 e. The minimum atomic E-state index is -0.577. The maximum absolute atomic E-state index is 13.5. The number of hydrogen-bond donors (Lipinski definition) is 1. The minimum Gasteiger partial charge on any atom is -0.366 e. The van der Waals surface area contributed by atoms with Gasteiger partial charge in [-0.15, -0.1) is 0 Å². The number of carbonyl (C=O) groups is 2.